The van der Waals surface area contributed by atoms with E-state index in [1.165, 1.54) is 16.7 Å². The molecule has 2 aromatic rings. The Bertz CT molecular complexity index is 493. The molecular weight excluding hydrogens is 246 g/mol. The van der Waals surface area contributed by atoms with Gasteiger partial charge in [-0.25, -0.2) is 0 Å². The summed E-state index contributed by atoms with van der Waals surface area (Å²) in [5.41, 5.74) is 3.77. The first-order valence-corrected chi connectivity index (χ1v) is 7.25. The van der Waals surface area contributed by atoms with Crippen molar-refractivity contribution in [3.63, 3.8) is 0 Å². The van der Waals surface area contributed by atoms with E-state index in [9.17, 15) is 0 Å². The first-order chi connectivity index (χ1) is 9.85. The van der Waals surface area contributed by atoms with E-state index < -0.39 is 0 Å². The zero-order valence-corrected chi connectivity index (χ0v) is 12.3. The number of hydrogen-bond donors (Lipinski definition) is 1. The predicted octanol–water partition coefficient (Wildman–Crippen LogP) is 4.04. The highest BCUT2D eigenvalue weighted by Crippen LogP contribution is 2.21. The summed E-state index contributed by atoms with van der Waals surface area (Å²) < 4.78 is 5.64. The molecule has 2 heteroatoms. The average Bonchev–Trinajstić information content (AvgIpc) is 2.53. The molecule has 2 rings (SSSR count). The normalized spacial score (nSPS) is 12.3. The van der Waals surface area contributed by atoms with Crippen molar-refractivity contribution in [1.82, 2.24) is 5.32 Å². The lowest BCUT2D eigenvalue weighted by atomic mass is 10.0. The van der Waals surface area contributed by atoms with Crippen LogP contribution in [0.15, 0.2) is 54.6 Å². The van der Waals surface area contributed by atoms with Gasteiger partial charge >= 0.3 is 0 Å². The van der Waals surface area contributed by atoms with E-state index in [2.05, 4.69) is 60.8 Å². The number of nitrogens with one attached hydrogen (secondary N) is 1. The molecule has 20 heavy (non-hydrogen) atoms. The lowest BCUT2D eigenvalue weighted by Crippen LogP contribution is -2.21. The van der Waals surface area contributed by atoms with E-state index in [0.717, 1.165) is 19.6 Å². The third kappa shape index (κ3) is 3.92. The Labute approximate surface area is 121 Å². The topological polar surface area (TPSA) is 21.3 Å². The number of hydrogen-bond acceptors (Lipinski definition) is 2. The SMILES string of the molecule is CCCOCC(NC)c1ccc(-c2ccccc2)cc1. The van der Waals surface area contributed by atoms with E-state index in [-0.39, 0.29) is 6.04 Å². The Morgan fingerprint density at radius 3 is 2.20 bits per heavy atom. The molecule has 0 bridgehead atoms. The summed E-state index contributed by atoms with van der Waals surface area (Å²) in [6.07, 6.45) is 1.06. The number of ether oxygens (including phenoxy) is 1. The Hall–Kier alpha value is -1.64. The largest absolute Gasteiger partial charge is 0.379 e. The molecule has 0 saturated heterocycles. The van der Waals surface area contributed by atoms with Crippen LogP contribution in [-0.4, -0.2) is 20.3 Å². The highest BCUT2D eigenvalue weighted by Gasteiger charge is 2.09. The molecule has 0 fully saturated rings. The van der Waals surface area contributed by atoms with Crippen molar-refractivity contribution in [2.45, 2.75) is 19.4 Å². The zero-order valence-electron chi connectivity index (χ0n) is 12.3. The highest BCUT2D eigenvalue weighted by molar-refractivity contribution is 5.63. The molecule has 0 aliphatic carbocycles. The van der Waals surface area contributed by atoms with Gasteiger partial charge in [0.15, 0.2) is 0 Å². The smallest absolute Gasteiger partial charge is 0.0661 e. The van der Waals surface area contributed by atoms with Crippen LogP contribution in [0.2, 0.25) is 0 Å². The van der Waals surface area contributed by atoms with Gasteiger partial charge in [-0.05, 0) is 30.2 Å². The third-order valence-electron chi connectivity index (χ3n) is 3.40. The fraction of sp³-hybridized carbons (Fsp3) is 0.333. The quantitative estimate of drug-likeness (QED) is 0.766. The minimum absolute atomic E-state index is 0.256. The lowest BCUT2D eigenvalue weighted by molar-refractivity contribution is 0.114. The van der Waals surface area contributed by atoms with Gasteiger partial charge < -0.3 is 10.1 Å². The minimum atomic E-state index is 0.256. The molecule has 1 atom stereocenters. The summed E-state index contributed by atoms with van der Waals surface area (Å²) >= 11 is 0. The first-order valence-electron chi connectivity index (χ1n) is 7.25. The molecule has 2 aromatic carbocycles. The second-order valence-electron chi connectivity index (χ2n) is 4.90. The summed E-state index contributed by atoms with van der Waals surface area (Å²) in [4.78, 5) is 0. The fourth-order valence-corrected chi connectivity index (χ4v) is 2.23. The Balaban J connectivity index is 2.06. The van der Waals surface area contributed by atoms with Gasteiger partial charge in [-0.2, -0.15) is 0 Å². The van der Waals surface area contributed by atoms with Crippen molar-refractivity contribution in [1.29, 1.82) is 0 Å². The average molecular weight is 269 g/mol. The molecule has 0 radical (unpaired) electrons. The van der Waals surface area contributed by atoms with Crippen LogP contribution in [0.5, 0.6) is 0 Å². The number of rotatable bonds is 7. The monoisotopic (exact) mass is 269 g/mol. The summed E-state index contributed by atoms with van der Waals surface area (Å²) in [5.74, 6) is 0. The molecule has 0 amide bonds. The van der Waals surface area contributed by atoms with E-state index in [1.807, 2.05) is 13.1 Å². The maximum atomic E-state index is 5.64. The molecule has 2 nitrogen and oxygen atoms in total. The van der Waals surface area contributed by atoms with Gasteiger partial charge in [0.05, 0.1) is 12.6 Å². The number of likely N-dealkylation sites (N-methyl/N-ethyl adjacent to an activating group) is 1. The van der Waals surface area contributed by atoms with Gasteiger partial charge in [0.1, 0.15) is 0 Å². The molecular formula is C18H23NO. The molecule has 0 saturated carbocycles. The second-order valence-corrected chi connectivity index (χ2v) is 4.90. The second kappa shape index (κ2) is 7.83. The van der Waals surface area contributed by atoms with Crippen LogP contribution in [0.25, 0.3) is 11.1 Å². The van der Waals surface area contributed by atoms with Crippen LogP contribution in [0.4, 0.5) is 0 Å². The summed E-state index contributed by atoms with van der Waals surface area (Å²) in [7, 11) is 1.98. The number of benzene rings is 2. The predicted molar refractivity (Wildman–Crippen MR) is 84.8 cm³/mol. The molecule has 1 unspecified atom stereocenters. The van der Waals surface area contributed by atoms with Crippen molar-refractivity contribution < 1.29 is 4.74 Å². The molecule has 0 aliphatic heterocycles. The summed E-state index contributed by atoms with van der Waals surface area (Å²) in [5, 5.41) is 3.31. The van der Waals surface area contributed by atoms with Crippen molar-refractivity contribution in [2.24, 2.45) is 0 Å². The van der Waals surface area contributed by atoms with Gasteiger partial charge in [0, 0.05) is 6.61 Å². The van der Waals surface area contributed by atoms with Crippen LogP contribution in [0.1, 0.15) is 24.9 Å². The molecule has 1 N–H and O–H groups in total. The Morgan fingerprint density at radius 2 is 1.60 bits per heavy atom. The van der Waals surface area contributed by atoms with E-state index in [4.69, 9.17) is 4.74 Å². The van der Waals surface area contributed by atoms with Gasteiger partial charge in [0.25, 0.3) is 0 Å². The van der Waals surface area contributed by atoms with Gasteiger partial charge in [-0.15, -0.1) is 0 Å². The summed E-state index contributed by atoms with van der Waals surface area (Å²) in [6.45, 7) is 3.67. The fourth-order valence-electron chi connectivity index (χ4n) is 2.23. The first kappa shape index (κ1) is 14.8. The lowest BCUT2D eigenvalue weighted by Gasteiger charge is -2.17. The van der Waals surface area contributed by atoms with E-state index in [0.29, 0.717) is 0 Å². The molecule has 0 heterocycles. The van der Waals surface area contributed by atoms with Crippen LogP contribution >= 0.6 is 0 Å². The van der Waals surface area contributed by atoms with E-state index in [1.54, 1.807) is 0 Å². The van der Waals surface area contributed by atoms with Crippen molar-refractivity contribution >= 4 is 0 Å². The van der Waals surface area contributed by atoms with Crippen molar-refractivity contribution in [3.8, 4) is 11.1 Å². The maximum Gasteiger partial charge on any atom is 0.0661 e. The maximum absolute atomic E-state index is 5.64. The van der Waals surface area contributed by atoms with Gasteiger partial charge in [-0.1, -0.05) is 61.5 Å². The highest BCUT2D eigenvalue weighted by atomic mass is 16.5. The minimum Gasteiger partial charge on any atom is -0.379 e. The van der Waals surface area contributed by atoms with Crippen molar-refractivity contribution in [3.05, 3.63) is 60.2 Å². The van der Waals surface area contributed by atoms with Crippen molar-refractivity contribution in [2.75, 3.05) is 20.3 Å². The molecule has 0 aromatic heterocycles. The standard InChI is InChI=1S/C18H23NO/c1-3-13-20-14-18(19-2)17-11-9-16(10-12-17)15-7-5-4-6-8-15/h4-12,18-19H,3,13-14H2,1-2H3. The molecule has 106 valence electrons. The van der Waals surface area contributed by atoms with Crippen LogP contribution in [0.3, 0.4) is 0 Å². The Morgan fingerprint density at radius 1 is 0.950 bits per heavy atom. The summed E-state index contributed by atoms with van der Waals surface area (Å²) in [6, 6.07) is 19.4. The third-order valence-corrected chi connectivity index (χ3v) is 3.40. The zero-order chi connectivity index (χ0) is 14.2. The van der Waals surface area contributed by atoms with E-state index >= 15 is 0 Å². The van der Waals surface area contributed by atoms with Gasteiger partial charge in [-0.3, -0.25) is 0 Å². The van der Waals surface area contributed by atoms with Crippen LogP contribution in [0, 0.1) is 0 Å². The molecule has 0 spiro atoms. The van der Waals surface area contributed by atoms with Gasteiger partial charge in [0.2, 0.25) is 0 Å². The van der Waals surface area contributed by atoms with Crippen LogP contribution in [-0.2, 0) is 4.74 Å². The molecule has 0 aliphatic rings. The Kier molecular flexibility index (Phi) is 5.78. The van der Waals surface area contributed by atoms with Crippen LogP contribution < -0.4 is 5.32 Å².